The third kappa shape index (κ3) is 10.8. The minimum absolute atomic E-state index is 0. The van der Waals surface area contributed by atoms with Gasteiger partial charge in [-0.2, -0.15) is 0 Å². The normalized spacial score (nSPS) is 0. The van der Waals surface area contributed by atoms with E-state index in [0.717, 1.165) is 0 Å². The molecule has 0 saturated heterocycles. The molecule has 0 fully saturated rings. The molecule has 0 unspecified atom stereocenters. The Hall–Kier alpha value is 1.19. The smallest absolute Gasteiger partial charge is 3.00 e. The van der Waals surface area contributed by atoms with Crippen LogP contribution in [0.5, 0.6) is 0 Å². The quantitative estimate of drug-likeness (QED) is 0.374. The first-order chi connectivity index (χ1) is 0. The Morgan fingerprint density at radius 1 is 1.00 bits per heavy atom. The summed E-state index contributed by atoms with van der Waals surface area (Å²) in [5, 5.41) is 0. The molecule has 0 bridgehead atoms. The molecule has 0 aromatic carbocycles. The molecule has 0 aliphatic heterocycles. The van der Waals surface area contributed by atoms with Gasteiger partial charge >= 0.3 is 19.8 Å². The Bertz CT molecular complexity index is 8.00. The van der Waals surface area contributed by atoms with Gasteiger partial charge in [-0.1, -0.05) is 0 Å². The van der Waals surface area contributed by atoms with Crippen LogP contribution in [0.25, 0.3) is 6.15 Å². The molecule has 0 heterocycles. The van der Waals surface area contributed by atoms with E-state index in [0.29, 0.717) is 0 Å². The maximum Gasteiger partial charge on any atom is 3.00 e. The summed E-state index contributed by atoms with van der Waals surface area (Å²) in [5.41, 5.74) is 0. The van der Waals surface area contributed by atoms with E-state index in [1.165, 1.54) is 0 Å². The summed E-state index contributed by atoms with van der Waals surface area (Å²) >= 11 is 0. The third-order valence-electron chi connectivity index (χ3n) is 0. The Labute approximate surface area is 51.9 Å². The maximum atomic E-state index is 0. The van der Waals surface area contributed by atoms with E-state index in [1.54, 1.807) is 0 Å². The molecule has 0 amide bonds. The minimum atomic E-state index is 0. The molecule has 4 heteroatoms. The van der Waals surface area contributed by atoms with Gasteiger partial charge < -0.3 is 6.15 Å². The SMILES string of the molecule is [Al].[B].[Ga+3].[N-3]. The van der Waals surface area contributed by atoms with Gasteiger partial charge in [-0.15, -0.1) is 0 Å². The second-order valence-electron chi connectivity index (χ2n) is 0. The fourth-order valence-electron chi connectivity index (χ4n) is 0. The average molecular weight is 122 g/mol. The van der Waals surface area contributed by atoms with Gasteiger partial charge in [0.25, 0.3) is 0 Å². The summed E-state index contributed by atoms with van der Waals surface area (Å²) in [7, 11) is 0. The summed E-state index contributed by atoms with van der Waals surface area (Å²) in [5.74, 6) is 0. The second kappa shape index (κ2) is 30.0. The van der Waals surface area contributed by atoms with Crippen molar-refractivity contribution in [3.05, 3.63) is 6.15 Å². The van der Waals surface area contributed by atoms with Crippen LogP contribution in [0, 0.1) is 0 Å². The van der Waals surface area contributed by atoms with Crippen molar-refractivity contribution in [1.29, 1.82) is 0 Å². The molecule has 0 N–H and O–H groups in total. The van der Waals surface area contributed by atoms with Crippen LogP contribution in [-0.2, 0) is 0 Å². The van der Waals surface area contributed by atoms with Crippen LogP contribution in [-0.4, -0.2) is 45.6 Å². The molecule has 14 valence electrons. The van der Waals surface area contributed by atoms with Crippen LogP contribution in [0.2, 0.25) is 0 Å². The minimum Gasteiger partial charge on any atom is -3.00 e. The summed E-state index contributed by atoms with van der Waals surface area (Å²) in [6.45, 7) is 0. The molecule has 0 aromatic heterocycles. The molecular formula is AlBGaN. The number of nitrogens with zero attached hydrogens (tertiary/aromatic N) is 1. The molecule has 6 radical (unpaired) electrons. The van der Waals surface area contributed by atoms with E-state index < -0.39 is 0 Å². The Balaban J connectivity index is 0. The Morgan fingerprint density at radius 2 is 1.00 bits per heavy atom. The first-order valence-electron chi connectivity index (χ1n) is 0. The predicted molar refractivity (Wildman–Crippen MR) is 20.6 cm³/mol. The molecule has 0 aliphatic rings. The zero-order valence-corrected chi connectivity index (χ0v) is 5.76. The number of rotatable bonds is 0. The Morgan fingerprint density at radius 3 is 1.00 bits per heavy atom. The van der Waals surface area contributed by atoms with Crippen LogP contribution in [0.15, 0.2) is 0 Å². The summed E-state index contributed by atoms with van der Waals surface area (Å²) in [6.07, 6.45) is 0. The number of hydrogen-bond donors (Lipinski definition) is 0. The van der Waals surface area contributed by atoms with E-state index in [1.807, 2.05) is 0 Å². The van der Waals surface area contributed by atoms with Gasteiger partial charge in [0.2, 0.25) is 0 Å². The van der Waals surface area contributed by atoms with Crippen molar-refractivity contribution in [2.45, 2.75) is 0 Å². The topological polar surface area (TPSA) is 30.5 Å². The van der Waals surface area contributed by atoms with Gasteiger partial charge in [0, 0.05) is 25.8 Å². The van der Waals surface area contributed by atoms with Crippen molar-refractivity contribution >= 4 is 45.6 Å². The van der Waals surface area contributed by atoms with Crippen LogP contribution >= 0.6 is 0 Å². The van der Waals surface area contributed by atoms with Crippen LogP contribution in [0.4, 0.5) is 0 Å². The van der Waals surface area contributed by atoms with Crippen molar-refractivity contribution in [3.63, 3.8) is 0 Å². The Kier molecular flexibility index (Phi) is 481. The standard InChI is InChI=1S/Al.B.Ga.N/q;;+3;-3. The zero-order chi connectivity index (χ0) is 0. The van der Waals surface area contributed by atoms with Crippen molar-refractivity contribution in [1.82, 2.24) is 0 Å². The van der Waals surface area contributed by atoms with Gasteiger partial charge in [-0.3, -0.25) is 0 Å². The molecule has 0 atom stereocenters. The predicted octanol–water partition coefficient (Wildman–Crippen LogP) is -0.854. The van der Waals surface area contributed by atoms with Crippen molar-refractivity contribution in [3.8, 4) is 0 Å². The molecule has 0 aliphatic carbocycles. The van der Waals surface area contributed by atoms with Crippen LogP contribution < -0.4 is 0 Å². The first kappa shape index (κ1) is 64.1. The average Bonchev–Trinajstić information content (AvgIpc) is 0. The van der Waals surface area contributed by atoms with Crippen molar-refractivity contribution < 1.29 is 0 Å². The molecule has 0 saturated carbocycles. The van der Waals surface area contributed by atoms with Gasteiger partial charge in [0.05, 0.1) is 0 Å². The third-order valence-corrected chi connectivity index (χ3v) is 0. The van der Waals surface area contributed by atoms with Crippen molar-refractivity contribution in [2.24, 2.45) is 0 Å². The fourth-order valence-corrected chi connectivity index (χ4v) is 0. The second-order valence-corrected chi connectivity index (χ2v) is 0. The number of hydrogen-bond acceptors (Lipinski definition) is 0. The molecule has 0 aromatic rings. The van der Waals surface area contributed by atoms with Gasteiger partial charge in [0.1, 0.15) is 0 Å². The molecule has 4 heavy (non-hydrogen) atoms. The first-order valence-corrected chi connectivity index (χ1v) is 0. The van der Waals surface area contributed by atoms with E-state index >= 15 is 0 Å². The maximum absolute atomic E-state index is 0. The molecule has 0 rings (SSSR count). The van der Waals surface area contributed by atoms with Crippen LogP contribution in [0.3, 0.4) is 0 Å². The van der Waals surface area contributed by atoms with E-state index in [4.69, 9.17) is 0 Å². The fraction of sp³-hybridized carbons (Fsp3) is 0. The van der Waals surface area contributed by atoms with E-state index in [9.17, 15) is 0 Å². The van der Waals surface area contributed by atoms with Gasteiger partial charge in [-0.05, 0) is 0 Å². The molecule has 0 spiro atoms. The summed E-state index contributed by atoms with van der Waals surface area (Å²) in [6, 6.07) is 0. The zero-order valence-electron chi connectivity index (χ0n) is 2.18. The summed E-state index contributed by atoms with van der Waals surface area (Å²) < 4.78 is 0. The van der Waals surface area contributed by atoms with Gasteiger partial charge in [-0.25, -0.2) is 0 Å². The van der Waals surface area contributed by atoms with E-state index in [2.05, 4.69) is 0 Å². The van der Waals surface area contributed by atoms with Crippen molar-refractivity contribution in [2.75, 3.05) is 0 Å². The largest absolute Gasteiger partial charge is 3.00 e. The monoisotopic (exact) mass is 121 g/mol. The molecular weight excluding hydrogens is 122 g/mol. The summed E-state index contributed by atoms with van der Waals surface area (Å²) in [4.78, 5) is 0. The van der Waals surface area contributed by atoms with Crippen LogP contribution in [0.1, 0.15) is 0 Å². The molecule has 1 nitrogen and oxygen atoms in total. The van der Waals surface area contributed by atoms with E-state index in [-0.39, 0.29) is 51.7 Å². The van der Waals surface area contributed by atoms with Gasteiger partial charge in [0.15, 0.2) is 0 Å².